The fourth-order valence-electron chi connectivity index (χ4n) is 1.97. The summed E-state index contributed by atoms with van der Waals surface area (Å²) in [6.45, 7) is 6.96. The Labute approximate surface area is 108 Å². The number of nitrogens with one attached hydrogen (secondary N) is 1. The summed E-state index contributed by atoms with van der Waals surface area (Å²) in [5, 5.41) is 6.81. The predicted molar refractivity (Wildman–Crippen MR) is 71.3 cm³/mol. The Morgan fingerprint density at radius 2 is 2.22 bits per heavy atom. The number of nitrogens with two attached hydrogens (primary N) is 1. The van der Waals surface area contributed by atoms with Crippen molar-refractivity contribution < 1.29 is 4.79 Å². The number of H-pyrrole nitrogens is 1. The summed E-state index contributed by atoms with van der Waals surface area (Å²) in [4.78, 5) is 14.4. The van der Waals surface area contributed by atoms with Gasteiger partial charge in [-0.3, -0.25) is 9.89 Å². The number of amides is 1. The molecule has 0 unspecified atom stereocenters. The van der Waals surface area contributed by atoms with Crippen LogP contribution in [-0.4, -0.2) is 33.6 Å². The first-order valence-corrected chi connectivity index (χ1v) is 6.62. The second-order valence-corrected chi connectivity index (χ2v) is 5.52. The molecule has 0 spiro atoms. The van der Waals surface area contributed by atoms with Crippen LogP contribution in [0.1, 0.15) is 49.3 Å². The first kappa shape index (κ1) is 12.9. The number of aromatic nitrogens is 2. The van der Waals surface area contributed by atoms with Crippen molar-refractivity contribution in [3.63, 3.8) is 0 Å². The zero-order chi connectivity index (χ0) is 13.3. The quantitative estimate of drug-likeness (QED) is 0.838. The average Bonchev–Trinajstić information content (AvgIpc) is 3.08. The zero-order valence-electron chi connectivity index (χ0n) is 11.4. The average molecular weight is 250 g/mol. The van der Waals surface area contributed by atoms with E-state index in [-0.39, 0.29) is 5.91 Å². The molecule has 18 heavy (non-hydrogen) atoms. The van der Waals surface area contributed by atoms with E-state index in [2.05, 4.69) is 24.0 Å². The van der Waals surface area contributed by atoms with Gasteiger partial charge in [-0.25, -0.2) is 0 Å². The van der Waals surface area contributed by atoms with Gasteiger partial charge in [-0.15, -0.1) is 0 Å². The molecule has 0 saturated heterocycles. The SMILES string of the molecule is Cc1[nH]nc(C(=O)N(CCC(C)C)C2CC2)c1N. The Balaban J connectivity index is 2.10. The van der Waals surface area contributed by atoms with Crippen LogP contribution in [-0.2, 0) is 0 Å². The largest absolute Gasteiger partial charge is 0.395 e. The van der Waals surface area contributed by atoms with Gasteiger partial charge in [-0.2, -0.15) is 5.10 Å². The number of aryl methyl sites for hydroxylation is 1. The third kappa shape index (κ3) is 2.66. The number of nitrogen functional groups attached to an aromatic ring is 1. The van der Waals surface area contributed by atoms with Crippen molar-refractivity contribution in [2.75, 3.05) is 12.3 Å². The Morgan fingerprint density at radius 3 is 2.67 bits per heavy atom. The van der Waals surface area contributed by atoms with Crippen molar-refractivity contribution in [1.82, 2.24) is 15.1 Å². The topological polar surface area (TPSA) is 75.0 Å². The molecule has 0 radical (unpaired) electrons. The van der Waals surface area contributed by atoms with Crippen molar-refractivity contribution in [1.29, 1.82) is 0 Å². The van der Waals surface area contributed by atoms with E-state index in [1.54, 1.807) is 0 Å². The summed E-state index contributed by atoms with van der Waals surface area (Å²) in [6.07, 6.45) is 3.23. The van der Waals surface area contributed by atoms with Crippen molar-refractivity contribution in [3.8, 4) is 0 Å². The molecule has 1 amide bonds. The number of rotatable bonds is 5. The van der Waals surface area contributed by atoms with Crippen molar-refractivity contribution in [3.05, 3.63) is 11.4 Å². The zero-order valence-corrected chi connectivity index (χ0v) is 11.4. The molecule has 0 aromatic carbocycles. The first-order valence-electron chi connectivity index (χ1n) is 6.62. The van der Waals surface area contributed by atoms with Crippen LogP contribution in [0.25, 0.3) is 0 Å². The standard InChI is InChI=1S/C13H22N4O/c1-8(2)6-7-17(10-4-5-10)13(18)12-11(14)9(3)15-16-12/h8,10H,4-7,14H2,1-3H3,(H,15,16). The fraction of sp³-hybridized carbons (Fsp3) is 0.692. The molecule has 3 N–H and O–H groups in total. The number of nitrogens with zero attached hydrogens (tertiary/aromatic N) is 2. The minimum absolute atomic E-state index is 0.0278. The minimum atomic E-state index is -0.0278. The summed E-state index contributed by atoms with van der Waals surface area (Å²) < 4.78 is 0. The highest BCUT2D eigenvalue weighted by atomic mass is 16.2. The Hall–Kier alpha value is -1.52. The molecule has 1 aliphatic carbocycles. The lowest BCUT2D eigenvalue weighted by Gasteiger charge is -2.22. The monoisotopic (exact) mass is 250 g/mol. The molecule has 5 heteroatoms. The van der Waals surface area contributed by atoms with Gasteiger partial charge in [0.05, 0.1) is 11.4 Å². The minimum Gasteiger partial charge on any atom is -0.395 e. The van der Waals surface area contributed by atoms with Gasteiger partial charge >= 0.3 is 0 Å². The van der Waals surface area contributed by atoms with Gasteiger partial charge < -0.3 is 10.6 Å². The van der Waals surface area contributed by atoms with Gasteiger partial charge in [0.15, 0.2) is 5.69 Å². The molecule has 0 aliphatic heterocycles. The number of anilines is 1. The first-order chi connectivity index (χ1) is 8.50. The van der Waals surface area contributed by atoms with Crippen LogP contribution in [0.5, 0.6) is 0 Å². The van der Waals surface area contributed by atoms with E-state index in [4.69, 9.17) is 5.73 Å². The Kier molecular flexibility index (Phi) is 3.59. The molecule has 1 heterocycles. The van der Waals surface area contributed by atoms with E-state index in [0.717, 1.165) is 31.5 Å². The molecular weight excluding hydrogens is 228 g/mol. The summed E-state index contributed by atoms with van der Waals surface area (Å²) in [7, 11) is 0. The maximum Gasteiger partial charge on any atom is 0.276 e. The molecule has 1 aliphatic rings. The van der Waals surface area contributed by atoms with Crippen LogP contribution in [0.15, 0.2) is 0 Å². The lowest BCUT2D eigenvalue weighted by Crippen LogP contribution is -2.35. The normalized spacial score (nSPS) is 15.1. The molecule has 1 saturated carbocycles. The Bertz CT molecular complexity index is 434. The van der Waals surface area contributed by atoms with Crippen LogP contribution in [0.3, 0.4) is 0 Å². The van der Waals surface area contributed by atoms with E-state index in [1.165, 1.54) is 0 Å². The number of carbonyl (C=O) groups is 1. The number of hydrogen-bond acceptors (Lipinski definition) is 3. The van der Waals surface area contributed by atoms with Crippen LogP contribution in [0, 0.1) is 12.8 Å². The maximum atomic E-state index is 12.4. The second kappa shape index (κ2) is 5.00. The van der Waals surface area contributed by atoms with E-state index in [1.807, 2.05) is 11.8 Å². The molecule has 5 nitrogen and oxygen atoms in total. The smallest absolute Gasteiger partial charge is 0.276 e. The summed E-state index contributed by atoms with van der Waals surface area (Å²) in [5.41, 5.74) is 7.50. The maximum absolute atomic E-state index is 12.4. The lowest BCUT2D eigenvalue weighted by molar-refractivity contribution is 0.0730. The number of aromatic amines is 1. The third-order valence-electron chi connectivity index (χ3n) is 3.39. The molecule has 1 aromatic rings. The molecule has 1 fully saturated rings. The van der Waals surface area contributed by atoms with Gasteiger partial charge in [0.2, 0.25) is 0 Å². The lowest BCUT2D eigenvalue weighted by atomic mass is 10.1. The van der Waals surface area contributed by atoms with E-state index in [9.17, 15) is 4.79 Å². The van der Waals surface area contributed by atoms with Gasteiger partial charge in [-0.05, 0) is 32.1 Å². The van der Waals surface area contributed by atoms with Crippen LogP contribution < -0.4 is 5.73 Å². The summed E-state index contributed by atoms with van der Waals surface area (Å²) in [6, 6.07) is 0.396. The van der Waals surface area contributed by atoms with E-state index >= 15 is 0 Å². The molecule has 100 valence electrons. The molecule has 2 rings (SSSR count). The highest BCUT2D eigenvalue weighted by Gasteiger charge is 2.34. The summed E-state index contributed by atoms with van der Waals surface area (Å²) >= 11 is 0. The summed E-state index contributed by atoms with van der Waals surface area (Å²) in [5.74, 6) is 0.567. The van der Waals surface area contributed by atoms with Gasteiger partial charge in [-0.1, -0.05) is 13.8 Å². The predicted octanol–water partition coefficient (Wildman–Crippen LogP) is 1.95. The van der Waals surface area contributed by atoms with Crippen LogP contribution in [0.4, 0.5) is 5.69 Å². The highest BCUT2D eigenvalue weighted by molar-refractivity contribution is 5.97. The number of carbonyl (C=O) groups excluding carboxylic acids is 1. The van der Waals surface area contributed by atoms with Crippen molar-refractivity contribution in [2.45, 2.75) is 46.1 Å². The highest BCUT2D eigenvalue weighted by Crippen LogP contribution is 2.29. The molecule has 0 bridgehead atoms. The fourth-order valence-corrected chi connectivity index (χ4v) is 1.97. The van der Waals surface area contributed by atoms with Gasteiger partial charge in [0.25, 0.3) is 5.91 Å². The molecule has 1 aromatic heterocycles. The van der Waals surface area contributed by atoms with Crippen molar-refractivity contribution in [2.24, 2.45) is 5.92 Å². The Morgan fingerprint density at radius 1 is 1.56 bits per heavy atom. The third-order valence-corrected chi connectivity index (χ3v) is 3.39. The van der Waals surface area contributed by atoms with Gasteiger partial charge in [0, 0.05) is 12.6 Å². The number of hydrogen-bond donors (Lipinski definition) is 2. The molecular formula is C13H22N4O. The van der Waals surface area contributed by atoms with E-state index in [0.29, 0.717) is 23.3 Å². The van der Waals surface area contributed by atoms with Crippen LogP contribution in [0.2, 0.25) is 0 Å². The van der Waals surface area contributed by atoms with E-state index < -0.39 is 0 Å². The second-order valence-electron chi connectivity index (χ2n) is 5.52. The van der Waals surface area contributed by atoms with Crippen LogP contribution >= 0.6 is 0 Å². The molecule has 0 atom stereocenters. The van der Waals surface area contributed by atoms with Gasteiger partial charge in [0.1, 0.15) is 0 Å². The van der Waals surface area contributed by atoms with Crippen molar-refractivity contribution >= 4 is 11.6 Å².